The van der Waals surface area contributed by atoms with E-state index in [1.165, 1.54) is 5.56 Å². The molecular weight excluding hydrogens is 130 g/mol. The van der Waals surface area contributed by atoms with E-state index in [1.54, 1.807) is 0 Å². The normalized spacial score (nSPS) is 10.1. The highest BCUT2D eigenvalue weighted by molar-refractivity contribution is 7.80. The molecule has 0 N–H and O–H groups in total. The third kappa shape index (κ3) is 1.30. The van der Waals surface area contributed by atoms with Crippen LogP contribution >= 0.6 is 12.6 Å². The van der Waals surface area contributed by atoms with Crippen LogP contribution in [-0.4, -0.2) is 4.57 Å². The van der Waals surface area contributed by atoms with E-state index in [0.717, 1.165) is 11.4 Å². The van der Waals surface area contributed by atoms with Crippen molar-refractivity contribution in [3.63, 3.8) is 0 Å². The molecule has 0 bridgehead atoms. The maximum Gasteiger partial charge on any atom is 0.0717 e. The molecule has 0 amide bonds. The first kappa shape index (κ1) is 6.75. The van der Waals surface area contributed by atoms with E-state index < -0.39 is 0 Å². The molecule has 0 radical (unpaired) electrons. The highest BCUT2D eigenvalue weighted by Gasteiger charge is 1.94. The number of hydrogen-bond donors (Lipinski definition) is 1. The molecule has 0 fully saturated rings. The second kappa shape index (κ2) is 2.48. The molecule has 2 heteroatoms. The number of aryl methyl sites for hydroxylation is 2. The van der Waals surface area contributed by atoms with Crippen LogP contribution in [0.25, 0.3) is 0 Å². The minimum Gasteiger partial charge on any atom is -0.346 e. The number of rotatable bonds is 1. The predicted molar refractivity (Wildman–Crippen MR) is 42.0 cm³/mol. The Balaban J connectivity index is 2.98. The Labute approximate surface area is 61.1 Å². The fraction of sp³-hybridized carbons (Fsp3) is 0.429. The fourth-order valence-corrected chi connectivity index (χ4v) is 1.04. The zero-order chi connectivity index (χ0) is 6.85. The van der Waals surface area contributed by atoms with Gasteiger partial charge in [0.15, 0.2) is 0 Å². The first-order valence-corrected chi connectivity index (χ1v) is 3.53. The molecule has 0 aromatic carbocycles. The second-order valence-corrected chi connectivity index (χ2v) is 2.63. The molecule has 1 aromatic heterocycles. The van der Waals surface area contributed by atoms with Crippen molar-refractivity contribution in [2.45, 2.75) is 18.4 Å². The van der Waals surface area contributed by atoms with Crippen LogP contribution in [0, 0.1) is 0 Å². The first-order chi connectivity index (χ1) is 4.24. The van der Waals surface area contributed by atoms with Crippen molar-refractivity contribution in [3.8, 4) is 0 Å². The van der Waals surface area contributed by atoms with E-state index in [1.807, 2.05) is 11.6 Å². The molecule has 0 spiro atoms. The fourth-order valence-electron chi connectivity index (χ4n) is 0.813. The molecule has 0 atom stereocenters. The molecule has 1 nitrogen and oxygen atoms in total. The lowest BCUT2D eigenvalue weighted by Crippen LogP contribution is -1.82. The molecule has 0 unspecified atom stereocenters. The Bertz CT molecular complexity index is 183. The zero-order valence-electron chi connectivity index (χ0n) is 5.76. The lowest BCUT2D eigenvalue weighted by molar-refractivity contribution is 0.830. The summed E-state index contributed by atoms with van der Waals surface area (Å²) < 4.78 is 2.02. The van der Waals surface area contributed by atoms with Crippen LogP contribution in [0.5, 0.6) is 0 Å². The average molecular weight is 141 g/mol. The Morgan fingerprint density at radius 1 is 1.67 bits per heavy atom. The Morgan fingerprint density at radius 3 is 2.56 bits per heavy atom. The van der Waals surface area contributed by atoms with Gasteiger partial charge in [-0.3, -0.25) is 0 Å². The third-order valence-electron chi connectivity index (χ3n) is 1.44. The molecule has 0 saturated heterocycles. The van der Waals surface area contributed by atoms with Crippen molar-refractivity contribution in [1.29, 1.82) is 0 Å². The summed E-state index contributed by atoms with van der Waals surface area (Å²) in [5.74, 6) is 0. The Kier molecular flexibility index (Phi) is 1.86. The summed E-state index contributed by atoms with van der Waals surface area (Å²) in [6.45, 7) is 2.14. The summed E-state index contributed by atoms with van der Waals surface area (Å²) in [6, 6.07) is 2.09. The van der Waals surface area contributed by atoms with Crippen molar-refractivity contribution in [2.75, 3.05) is 0 Å². The van der Waals surface area contributed by atoms with Crippen molar-refractivity contribution < 1.29 is 0 Å². The van der Waals surface area contributed by atoms with Gasteiger partial charge in [0, 0.05) is 13.2 Å². The van der Waals surface area contributed by atoms with Crippen LogP contribution in [0.15, 0.2) is 17.3 Å². The topological polar surface area (TPSA) is 4.93 Å². The molecule has 0 saturated carbocycles. The van der Waals surface area contributed by atoms with Crippen molar-refractivity contribution in [3.05, 3.63) is 17.8 Å². The summed E-state index contributed by atoms with van der Waals surface area (Å²) in [7, 11) is 2.00. The molecule has 0 aliphatic rings. The van der Waals surface area contributed by atoms with Gasteiger partial charge in [-0.1, -0.05) is 6.92 Å². The molecular formula is C7H11NS. The van der Waals surface area contributed by atoms with Crippen LogP contribution < -0.4 is 0 Å². The van der Waals surface area contributed by atoms with E-state index >= 15 is 0 Å². The lowest BCUT2D eigenvalue weighted by atomic mass is 10.3. The predicted octanol–water partition coefficient (Wildman–Crippen LogP) is 1.88. The van der Waals surface area contributed by atoms with Crippen LogP contribution in [-0.2, 0) is 13.5 Å². The van der Waals surface area contributed by atoms with Crippen molar-refractivity contribution in [1.82, 2.24) is 4.57 Å². The van der Waals surface area contributed by atoms with E-state index in [4.69, 9.17) is 0 Å². The van der Waals surface area contributed by atoms with Gasteiger partial charge in [-0.2, -0.15) is 0 Å². The van der Waals surface area contributed by atoms with E-state index in [0.29, 0.717) is 0 Å². The lowest BCUT2D eigenvalue weighted by Gasteiger charge is -1.89. The number of hydrogen-bond acceptors (Lipinski definition) is 1. The molecule has 9 heavy (non-hydrogen) atoms. The van der Waals surface area contributed by atoms with Gasteiger partial charge in [0.2, 0.25) is 0 Å². The van der Waals surface area contributed by atoms with Gasteiger partial charge in [-0.15, -0.1) is 12.6 Å². The minimum absolute atomic E-state index is 1.03. The second-order valence-electron chi connectivity index (χ2n) is 2.17. The molecule has 0 aliphatic carbocycles. The van der Waals surface area contributed by atoms with Gasteiger partial charge >= 0.3 is 0 Å². The van der Waals surface area contributed by atoms with Gasteiger partial charge < -0.3 is 4.57 Å². The van der Waals surface area contributed by atoms with Gasteiger partial charge in [0.1, 0.15) is 0 Å². The first-order valence-electron chi connectivity index (χ1n) is 3.08. The Hall–Kier alpha value is -0.370. The highest BCUT2D eigenvalue weighted by Crippen LogP contribution is 2.10. The maximum absolute atomic E-state index is 4.24. The monoisotopic (exact) mass is 141 g/mol. The van der Waals surface area contributed by atoms with Crippen molar-refractivity contribution >= 4 is 12.6 Å². The summed E-state index contributed by atoms with van der Waals surface area (Å²) >= 11 is 4.24. The summed E-state index contributed by atoms with van der Waals surface area (Å²) in [6.07, 6.45) is 3.19. The number of thiol groups is 1. The SMILES string of the molecule is CCc1cc(S)n(C)c1. The molecule has 50 valence electrons. The van der Waals surface area contributed by atoms with Gasteiger partial charge in [0.25, 0.3) is 0 Å². The molecule has 0 aliphatic heterocycles. The van der Waals surface area contributed by atoms with E-state index in [2.05, 4.69) is 31.8 Å². The smallest absolute Gasteiger partial charge is 0.0717 e. The molecule has 1 heterocycles. The van der Waals surface area contributed by atoms with Crippen LogP contribution in [0.2, 0.25) is 0 Å². The Morgan fingerprint density at radius 2 is 2.33 bits per heavy atom. The van der Waals surface area contributed by atoms with Crippen LogP contribution in [0.3, 0.4) is 0 Å². The van der Waals surface area contributed by atoms with Crippen molar-refractivity contribution in [2.24, 2.45) is 7.05 Å². The van der Waals surface area contributed by atoms with Crippen LogP contribution in [0.4, 0.5) is 0 Å². The molecule has 1 aromatic rings. The maximum atomic E-state index is 4.24. The summed E-state index contributed by atoms with van der Waals surface area (Å²) in [4.78, 5) is 0. The van der Waals surface area contributed by atoms with Gasteiger partial charge in [-0.25, -0.2) is 0 Å². The van der Waals surface area contributed by atoms with Gasteiger partial charge in [-0.05, 0) is 18.1 Å². The third-order valence-corrected chi connectivity index (χ3v) is 1.89. The standard InChI is InChI=1S/C7H11NS/c1-3-6-4-7(9)8(2)5-6/h4-5,9H,3H2,1-2H3. The quantitative estimate of drug-likeness (QED) is 0.570. The largest absolute Gasteiger partial charge is 0.346 e. The molecule has 1 rings (SSSR count). The summed E-state index contributed by atoms with van der Waals surface area (Å²) in [5, 5.41) is 1.03. The zero-order valence-corrected chi connectivity index (χ0v) is 6.65. The minimum atomic E-state index is 1.03. The van der Waals surface area contributed by atoms with Crippen LogP contribution in [0.1, 0.15) is 12.5 Å². The highest BCUT2D eigenvalue weighted by atomic mass is 32.1. The number of aromatic nitrogens is 1. The van der Waals surface area contributed by atoms with E-state index in [-0.39, 0.29) is 0 Å². The van der Waals surface area contributed by atoms with E-state index in [9.17, 15) is 0 Å². The summed E-state index contributed by atoms with van der Waals surface area (Å²) in [5.41, 5.74) is 1.35. The number of nitrogens with zero attached hydrogens (tertiary/aromatic N) is 1. The average Bonchev–Trinajstić information content (AvgIpc) is 2.13. The van der Waals surface area contributed by atoms with Gasteiger partial charge in [0.05, 0.1) is 5.03 Å².